The fraction of sp³-hybridized carbons (Fsp3) is 0.273. The highest BCUT2D eigenvalue weighted by Crippen LogP contribution is 2.17. The highest BCUT2D eigenvalue weighted by molar-refractivity contribution is 6.30. The van der Waals surface area contributed by atoms with Gasteiger partial charge in [0, 0.05) is 5.02 Å². The van der Waals surface area contributed by atoms with Crippen molar-refractivity contribution in [2.45, 2.75) is 12.5 Å². The van der Waals surface area contributed by atoms with Gasteiger partial charge in [-0.3, -0.25) is 4.79 Å². The zero-order valence-corrected chi connectivity index (χ0v) is 9.90. The summed E-state index contributed by atoms with van der Waals surface area (Å²) in [7, 11) is 1.22. The second-order valence-electron chi connectivity index (χ2n) is 3.44. The van der Waals surface area contributed by atoms with Gasteiger partial charge in [-0.2, -0.15) is 0 Å². The Bertz CT molecular complexity index is 447. The molecule has 0 aliphatic carbocycles. The lowest BCUT2D eigenvalue weighted by Crippen LogP contribution is -2.34. The van der Waals surface area contributed by atoms with Crippen LogP contribution < -0.4 is 5.73 Å². The lowest BCUT2D eigenvalue weighted by Gasteiger charge is -2.11. The highest BCUT2D eigenvalue weighted by atomic mass is 35.5. The zero-order chi connectivity index (χ0) is 13.0. The fourth-order valence-corrected chi connectivity index (χ4v) is 1.57. The van der Waals surface area contributed by atoms with E-state index in [1.165, 1.54) is 19.2 Å². The third-order valence-corrected chi connectivity index (χ3v) is 2.48. The van der Waals surface area contributed by atoms with Gasteiger partial charge in [-0.15, -0.1) is 0 Å². The number of ether oxygens (including phenoxy) is 1. The second-order valence-corrected chi connectivity index (χ2v) is 3.88. The lowest BCUT2D eigenvalue weighted by molar-refractivity contribution is -0.142. The zero-order valence-electron chi connectivity index (χ0n) is 9.14. The molecule has 1 atom stereocenters. The Morgan fingerprint density at radius 3 is 2.71 bits per heavy atom. The molecule has 1 aromatic rings. The summed E-state index contributed by atoms with van der Waals surface area (Å²) in [6, 6.07) is 3.52. The summed E-state index contributed by atoms with van der Waals surface area (Å²) in [5.74, 6) is -1.70. The first-order valence-electron chi connectivity index (χ1n) is 4.81. The van der Waals surface area contributed by atoms with Crippen LogP contribution in [0.3, 0.4) is 0 Å². The molecule has 3 N–H and O–H groups in total. The van der Waals surface area contributed by atoms with E-state index in [0.29, 0.717) is 10.6 Å². The Kier molecular flexibility index (Phi) is 4.48. The van der Waals surface area contributed by atoms with Gasteiger partial charge in [-0.1, -0.05) is 17.7 Å². The van der Waals surface area contributed by atoms with Gasteiger partial charge >= 0.3 is 11.9 Å². The fourth-order valence-electron chi connectivity index (χ4n) is 1.40. The summed E-state index contributed by atoms with van der Waals surface area (Å²) < 4.78 is 4.47. The minimum atomic E-state index is -1.11. The first kappa shape index (κ1) is 13.5. The van der Waals surface area contributed by atoms with E-state index in [2.05, 4.69) is 4.74 Å². The van der Waals surface area contributed by atoms with Crippen LogP contribution in [0.5, 0.6) is 0 Å². The molecule has 0 saturated heterocycles. The maximum Gasteiger partial charge on any atom is 0.336 e. The summed E-state index contributed by atoms with van der Waals surface area (Å²) in [6.45, 7) is 0. The van der Waals surface area contributed by atoms with E-state index in [9.17, 15) is 9.59 Å². The third-order valence-electron chi connectivity index (χ3n) is 2.25. The van der Waals surface area contributed by atoms with E-state index in [1.807, 2.05) is 0 Å². The number of carbonyl (C=O) groups excluding carboxylic acids is 1. The SMILES string of the molecule is COC(=O)[C@H](N)Cc1ccc(Cl)cc1C(=O)O. The molecular formula is C11H12ClNO4. The number of carboxylic acids is 1. The van der Waals surface area contributed by atoms with Crippen molar-refractivity contribution in [2.24, 2.45) is 5.73 Å². The number of rotatable bonds is 4. The average molecular weight is 258 g/mol. The van der Waals surface area contributed by atoms with E-state index in [0.717, 1.165) is 0 Å². The van der Waals surface area contributed by atoms with Gasteiger partial charge in [0.1, 0.15) is 6.04 Å². The van der Waals surface area contributed by atoms with Crippen molar-refractivity contribution in [3.63, 3.8) is 0 Å². The molecule has 0 unspecified atom stereocenters. The maximum atomic E-state index is 11.1. The maximum absolute atomic E-state index is 11.1. The van der Waals surface area contributed by atoms with Crippen LogP contribution in [0.25, 0.3) is 0 Å². The van der Waals surface area contributed by atoms with E-state index < -0.39 is 18.0 Å². The molecule has 5 nitrogen and oxygen atoms in total. The Hall–Kier alpha value is -1.59. The van der Waals surface area contributed by atoms with E-state index >= 15 is 0 Å². The third kappa shape index (κ3) is 3.44. The molecule has 1 rings (SSSR count). The molecule has 0 fully saturated rings. The molecule has 0 saturated carbocycles. The van der Waals surface area contributed by atoms with Crippen molar-refractivity contribution >= 4 is 23.5 Å². The molecule has 0 aromatic heterocycles. The summed E-state index contributed by atoms with van der Waals surface area (Å²) in [6.07, 6.45) is 0.0888. The Morgan fingerprint density at radius 2 is 2.18 bits per heavy atom. The van der Waals surface area contributed by atoms with Crippen LogP contribution in [0, 0.1) is 0 Å². The molecular weight excluding hydrogens is 246 g/mol. The van der Waals surface area contributed by atoms with Crippen molar-refractivity contribution < 1.29 is 19.4 Å². The first-order chi connectivity index (χ1) is 7.95. The number of esters is 1. The topological polar surface area (TPSA) is 89.6 Å². The van der Waals surface area contributed by atoms with Gasteiger partial charge in [-0.05, 0) is 24.1 Å². The molecule has 0 aliphatic rings. The van der Waals surface area contributed by atoms with Crippen LogP contribution in [-0.2, 0) is 16.0 Å². The van der Waals surface area contributed by atoms with Crippen molar-refractivity contribution in [1.29, 1.82) is 0 Å². The summed E-state index contributed by atoms with van der Waals surface area (Å²) >= 11 is 5.70. The van der Waals surface area contributed by atoms with Crippen LogP contribution >= 0.6 is 11.6 Å². The van der Waals surface area contributed by atoms with Crippen molar-refractivity contribution in [1.82, 2.24) is 0 Å². The Labute approximate surface area is 103 Å². The van der Waals surface area contributed by atoms with Gasteiger partial charge in [0.05, 0.1) is 12.7 Å². The monoisotopic (exact) mass is 257 g/mol. The normalized spacial score (nSPS) is 11.9. The van der Waals surface area contributed by atoms with Gasteiger partial charge in [-0.25, -0.2) is 4.79 Å². The van der Waals surface area contributed by atoms with Gasteiger partial charge in [0.25, 0.3) is 0 Å². The molecule has 92 valence electrons. The molecule has 0 bridgehead atoms. The standard InChI is InChI=1S/C11H12ClNO4/c1-17-11(16)9(13)4-6-2-3-7(12)5-8(6)10(14)15/h2-3,5,9H,4,13H2,1H3,(H,14,15)/t9-/m1/s1. The molecule has 0 amide bonds. The highest BCUT2D eigenvalue weighted by Gasteiger charge is 2.18. The molecule has 0 radical (unpaired) electrons. The number of aromatic carboxylic acids is 1. The van der Waals surface area contributed by atoms with Crippen molar-refractivity contribution in [2.75, 3.05) is 7.11 Å². The molecule has 0 aliphatic heterocycles. The van der Waals surface area contributed by atoms with Crippen LogP contribution in [0.15, 0.2) is 18.2 Å². The van der Waals surface area contributed by atoms with Crippen LogP contribution in [0.4, 0.5) is 0 Å². The summed E-state index contributed by atoms with van der Waals surface area (Å²) in [4.78, 5) is 22.1. The number of hydrogen-bond donors (Lipinski definition) is 2. The van der Waals surface area contributed by atoms with E-state index in [-0.39, 0.29) is 12.0 Å². The number of carboxylic acid groups (broad SMARTS) is 1. The number of carbonyl (C=O) groups is 2. The smallest absolute Gasteiger partial charge is 0.336 e. The summed E-state index contributed by atoms with van der Waals surface area (Å²) in [5.41, 5.74) is 6.05. The number of methoxy groups -OCH3 is 1. The average Bonchev–Trinajstić information content (AvgIpc) is 2.29. The Balaban J connectivity index is 2.98. The lowest BCUT2D eigenvalue weighted by atomic mass is 10.0. The number of hydrogen-bond acceptors (Lipinski definition) is 4. The molecule has 17 heavy (non-hydrogen) atoms. The first-order valence-corrected chi connectivity index (χ1v) is 5.18. The number of benzene rings is 1. The van der Waals surface area contributed by atoms with Crippen LogP contribution in [0.2, 0.25) is 5.02 Å². The number of nitrogens with two attached hydrogens (primary N) is 1. The second kappa shape index (κ2) is 5.65. The quantitative estimate of drug-likeness (QED) is 0.788. The van der Waals surface area contributed by atoms with Crippen LogP contribution in [0.1, 0.15) is 15.9 Å². The molecule has 0 spiro atoms. The van der Waals surface area contributed by atoms with Gasteiger partial charge in [0.15, 0.2) is 0 Å². The minimum absolute atomic E-state index is 0.0388. The van der Waals surface area contributed by atoms with Gasteiger partial charge < -0.3 is 15.6 Å². The molecule has 1 aromatic carbocycles. The van der Waals surface area contributed by atoms with Crippen molar-refractivity contribution in [3.8, 4) is 0 Å². The van der Waals surface area contributed by atoms with Gasteiger partial charge in [0.2, 0.25) is 0 Å². The minimum Gasteiger partial charge on any atom is -0.478 e. The largest absolute Gasteiger partial charge is 0.478 e. The van der Waals surface area contributed by atoms with E-state index in [1.54, 1.807) is 6.07 Å². The van der Waals surface area contributed by atoms with Crippen molar-refractivity contribution in [3.05, 3.63) is 34.3 Å². The predicted molar refractivity (Wildman–Crippen MR) is 62.1 cm³/mol. The Morgan fingerprint density at radius 1 is 1.53 bits per heavy atom. The van der Waals surface area contributed by atoms with Crippen LogP contribution in [-0.4, -0.2) is 30.2 Å². The van der Waals surface area contributed by atoms with E-state index in [4.69, 9.17) is 22.4 Å². The summed E-state index contributed by atoms with van der Waals surface area (Å²) in [5, 5.41) is 9.30. The predicted octanol–water partition coefficient (Wildman–Crippen LogP) is 1.08. The number of halogens is 1. The molecule has 0 heterocycles. The molecule has 6 heteroatoms.